The smallest absolute Gasteiger partial charge is 0.227 e. The van der Waals surface area contributed by atoms with Crippen LogP contribution in [0.1, 0.15) is 24.0 Å². The molecular formula is C24H26N2O. The van der Waals surface area contributed by atoms with Crippen LogP contribution in [0.3, 0.4) is 0 Å². The molecule has 4 rings (SSSR count). The Morgan fingerprint density at radius 3 is 2.52 bits per heavy atom. The molecule has 0 radical (unpaired) electrons. The molecule has 1 aliphatic heterocycles. The van der Waals surface area contributed by atoms with Crippen LogP contribution in [0.5, 0.6) is 0 Å². The van der Waals surface area contributed by atoms with Gasteiger partial charge >= 0.3 is 0 Å². The van der Waals surface area contributed by atoms with E-state index in [9.17, 15) is 4.79 Å². The van der Waals surface area contributed by atoms with Gasteiger partial charge in [-0.2, -0.15) is 0 Å². The molecule has 0 bridgehead atoms. The van der Waals surface area contributed by atoms with Crippen molar-refractivity contribution in [2.75, 3.05) is 18.4 Å². The fourth-order valence-electron chi connectivity index (χ4n) is 3.93. The first-order valence-electron chi connectivity index (χ1n) is 9.75. The van der Waals surface area contributed by atoms with Gasteiger partial charge in [0.05, 0.1) is 0 Å². The fourth-order valence-corrected chi connectivity index (χ4v) is 3.93. The summed E-state index contributed by atoms with van der Waals surface area (Å²) in [4.78, 5) is 15.1. The van der Waals surface area contributed by atoms with E-state index < -0.39 is 0 Å². The van der Waals surface area contributed by atoms with Crippen molar-refractivity contribution in [1.29, 1.82) is 0 Å². The number of carbonyl (C=O) groups is 1. The summed E-state index contributed by atoms with van der Waals surface area (Å²) in [6.07, 6.45) is 1.84. The second-order valence-electron chi connectivity index (χ2n) is 7.59. The third kappa shape index (κ3) is 4.37. The monoisotopic (exact) mass is 358 g/mol. The molecule has 3 aromatic rings. The minimum atomic E-state index is 0.102. The summed E-state index contributed by atoms with van der Waals surface area (Å²) in [5.74, 6) is 0.255. The van der Waals surface area contributed by atoms with Gasteiger partial charge in [0.25, 0.3) is 0 Å². The van der Waals surface area contributed by atoms with Gasteiger partial charge in [-0.25, -0.2) is 0 Å². The predicted molar refractivity (Wildman–Crippen MR) is 112 cm³/mol. The first-order chi connectivity index (χ1) is 13.2. The van der Waals surface area contributed by atoms with Gasteiger partial charge in [0.15, 0.2) is 0 Å². The van der Waals surface area contributed by atoms with Gasteiger partial charge in [-0.3, -0.25) is 9.69 Å². The summed E-state index contributed by atoms with van der Waals surface area (Å²) in [6, 6.07) is 23.0. The average Bonchev–Trinajstić information content (AvgIpc) is 2.68. The largest absolute Gasteiger partial charge is 0.326 e. The lowest BCUT2D eigenvalue weighted by atomic mass is 9.95. The lowest BCUT2D eigenvalue weighted by molar-refractivity contribution is -0.121. The minimum Gasteiger partial charge on any atom is -0.326 e. The topological polar surface area (TPSA) is 32.3 Å². The van der Waals surface area contributed by atoms with Gasteiger partial charge in [0, 0.05) is 18.2 Å². The number of rotatable bonds is 4. The molecule has 1 amide bonds. The molecule has 0 saturated carbocycles. The van der Waals surface area contributed by atoms with Crippen molar-refractivity contribution < 1.29 is 4.79 Å². The zero-order valence-electron chi connectivity index (χ0n) is 15.8. The Labute approximate surface area is 161 Å². The number of hydrogen-bond acceptors (Lipinski definition) is 2. The summed E-state index contributed by atoms with van der Waals surface area (Å²) in [7, 11) is 0. The van der Waals surface area contributed by atoms with E-state index in [1.165, 1.54) is 16.5 Å². The van der Waals surface area contributed by atoms with Crippen LogP contribution in [0, 0.1) is 12.8 Å². The summed E-state index contributed by atoms with van der Waals surface area (Å²) in [6.45, 7) is 5.06. The molecule has 0 atom stereocenters. The number of likely N-dealkylation sites (tertiary alicyclic amines) is 1. The van der Waals surface area contributed by atoms with Crippen LogP contribution in [0.25, 0.3) is 10.8 Å². The van der Waals surface area contributed by atoms with Crippen LogP contribution >= 0.6 is 0 Å². The molecule has 3 nitrogen and oxygen atoms in total. The molecule has 0 spiro atoms. The van der Waals surface area contributed by atoms with Crippen molar-refractivity contribution in [3.05, 3.63) is 77.9 Å². The van der Waals surface area contributed by atoms with Gasteiger partial charge in [-0.05, 0) is 61.3 Å². The number of amides is 1. The highest BCUT2D eigenvalue weighted by Crippen LogP contribution is 2.23. The van der Waals surface area contributed by atoms with Crippen LogP contribution in [0.4, 0.5) is 5.69 Å². The summed E-state index contributed by atoms with van der Waals surface area (Å²) in [5, 5.41) is 5.47. The van der Waals surface area contributed by atoms with Crippen molar-refractivity contribution in [2.24, 2.45) is 5.92 Å². The third-order valence-electron chi connectivity index (χ3n) is 5.46. The van der Waals surface area contributed by atoms with Crippen LogP contribution in [0.15, 0.2) is 66.7 Å². The Bertz CT molecular complexity index is 942. The number of benzene rings is 3. The SMILES string of the molecule is Cc1cccc(CN2CCC(C(=O)Nc3ccc4ccccc4c3)CC2)c1. The average molecular weight is 358 g/mol. The second kappa shape index (κ2) is 7.93. The number of nitrogens with one attached hydrogen (secondary N) is 1. The Kier molecular flexibility index (Phi) is 5.21. The summed E-state index contributed by atoms with van der Waals surface area (Å²) in [5.41, 5.74) is 3.55. The summed E-state index contributed by atoms with van der Waals surface area (Å²) >= 11 is 0. The molecule has 0 aromatic heterocycles. The second-order valence-corrected chi connectivity index (χ2v) is 7.59. The first kappa shape index (κ1) is 17.7. The molecular weight excluding hydrogens is 332 g/mol. The van der Waals surface area contributed by atoms with Crippen LogP contribution in [-0.4, -0.2) is 23.9 Å². The number of hydrogen-bond donors (Lipinski definition) is 1. The van der Waals surface area contributed by atoms with Crippen molar-refractivity contribution in [3.63, 3.8) is 0 Å². The van der Waals surface area contributed by atoms with E-state index >= 15 is 0 Å². The van der Waals surface area contributed by atoms with Crippen molar-refractivity contribution >= 4 is 22.4 Å². The van der Waals surface area contributed by atoms with Crippen molar-refractivity contribution in [1.82, 2.24) is 4.90 Å². The number of fused-ring (bicyclic) bond motifs is 1. The van der Waals surface area contributed by atoms with E-state index in [4.69, 9.17) is 0 Å². The molecule has 3 heteroatoms. The molecule has 1 fully saturated rings. The molecule has 0 aliphatic carbocycles. The van der Waals surface area contributed by atoms with Gasteiger partial charge in [-0.15, -0.1) is 0 Å². The van der Waals surface area contributed by atoms with E-state index in [1.807, 2.05) is 18.2 Å². The fraction of sp³-hybridized carbons (Fsp3) is 0.292. The molecule has 3 aromatic carbocycles. The lowest BCUT2D eigenvalue weighted by Crippen LogP contribution is -2.37. The third-order valence-corrected chi connectivity index (χ3v) is 5.46. The zero-order chi connectivity index (χ0) is 18.6. The van der Waals surface area contributed by atoms with Crippen molar-refractivity contribution in [2.45, 2.75) is 26.3 Å². The van der Waals surface area contributed by atoms with E-state index in [2.05, 4.69) is 65.7 Å². The normalized spacial score (nSPS) is 15.7. The zero-order valence-corrected chi connectivity index (χ0v) is 15.8. The molecule has 1 aliphatic rings. The number of piperidine rings is 1. The highest BCUT2D eigenvalue weighted by atomic mass is 16.1. The quantitative estimate of drug-likeness (QED) is 0.712. The van der Waals surface area contributed by atoms with Crippen LogP contribution < -0.4 is 5.32 Å². The first-order valence-corrected chi connectivity index (χ1v) is 9.75. The molecule has 1 N–H and O–H groups in total. The van der Waals surface area contributed by atoms with Gasteiger partial charge in [-0.1, -0.05) is 60.2 Å². The Morgan fingerprint density at radius 2 is 1.74 bits per heavy atom. The van der Waals surface area contributed by atoms with Gasteiger partial charge in [0.2, 0.25) is 5.91 Å². The van der Waals surface area contributed by atoms with E-state index in [1.54, 1.807) is 0 Å². The lowest BCUT2D eigenvalue weighted by Gasteiger charge is -2.31. The number of anilines is 1. The number of carbonyl (C=O) groups excluding carboxylic acids is 1. The highest BCUT2D eigenvalue weighted by Gasteiger charge is 2.25. The maximum Gasteiger partial charge on any atom is 0.227 e. The molecule has 1 heterocycles. The van der Waals surface area contributed by atoms with E-state index in [0.29, 0.717) is 0 Å². The Hall–Kier alpha value is -2.65. The van der Waals surface area contributed by atoms with Gasteiger partial charge in [0.1, 0.15) is 0 Å². The molecule has 27 heavy (non-hydrogen) atoms. The summed E-state index contributed by atoms with van der Waals surface area (Å²) < 4.78 is 0. The van der Waals surface area contributed by atoms with Crippen LogP contribution in [-0.2, 0) is 11.3 Å². The van der Waals surface area contributed by atoms with Crippen LogP contribution in [0.2, 0.25) is 0 Å². The Morgan fingerprint density at radius 1 is 0.963 bits per heavy atom. The van der Waals surface area contributed by atoms with E-state index in [0.717, 1.165) is 43.5 Å². The maximum absolute atomic E-state index is 12.7. The number of nitrogens with zero attached hydrogens (tertiary/aromatic N) is 1. The number of aryl methyl sites for hydroxylation is 1. The molecule has 138 valence electrons. The molecule has 0 unspecified atom stereocenters. The van der Waals surface area contributed by atoms with E-state index in [-0.39, 0.29) is 11.8 Å². The Balaban J connectivity index is 1.32. The highest BCUT2D eigenvalue weighted by molar-refractivity contribution is 5.95. The van der Waals surface area contributed by atoms with Gasteiger partial charge < -0.3 is 5.32 Å². The standard InChI is InChI=1S/C24H26N2O/c1-18-5-4-6-19(15-18)17-26-13-11-21(12-14-26)24(27)25-23-10-9-20-7-2-3-8-22(20)16-23/h2-10,15-16,21H,11-14,17H2,1H3,(H,25,27). The minimum absolute atomic E-state index is 0.102. The maximum atomic E-state index is 12.7. The predicted octanol–water partition coefficient (Wildman–Crippen LogP) is 5.00. The molecule has 1 saturated heterocycles. The van der Waals surface area contributed by atoms with Crippen molar-refractivity contribution in [3.8, 4) is 0 Å².